The maximum Gasteiger partial charge on any atom is 0.419 e. The molecule has 1 fully saturated rings. The van der Waals surface area contributed by atoms with Crippen molar-refractivity contribution in [3.05, 3.63) is 28.7 Å². The highest BCUT2D eigenvalue weighted by Crippen LogP contribution is 2.21. The van der Waals surface area contributed by atoms with E-state index in [0.29, 0.717) is 12.1 Å². The molecule has 1 aliphatic rings. The first-order valence-corrected chi connectivity index (χ1v) is 10.1. The molecule has 8 heteroatoms. The first kappa shape index (κ1) is 17.7. The average Bonchev–Trinajstić information content (AvgIpc) is 2.87. The zero-order chi connectivity index (χ0) is 18.2. The van der Waals surface area contributed by atoms with Gasteiger partial charge < -0.3 is 9.32 Å². The minimum Gasteiger partial charge on any atom is -0.408 e. The Balaban J connectivity index is 1.75. The van der Waals surface area contributed by atoms with Crippen LogP contribution in [0.25, 0.3) is 11.1 Å². The van der Waals surface area contributed by atoms with Crippen LogP contribution in [0.15, 0.2) is 32.3 Å². The van der Waals surface area contributed by atoms with Gasteiger partial charge in [0.25, 0.3) is 0 Å². The largest absolute Gasteiger partial charge is 0.419 e. The highest BCUT2D eigenvalue weighted by molar-refractivity contribution is 7.91. The molecule has 0 N–H and O–H groups in total. The molecule has 136 valence electrons. The summed E-state index contributed by atoms with van der Waals surface area (Å²) in [5, 5.41) is 0. The summed E-state index contributed by atoms with van der Waals surface area (Å²) >= 11 is 0. The molecule has 0 spiro atoms. The maximum absolute atomic E-state index is 12.5. The molecule has 2 aromatic rings. The van der Waals surface area contributed by atoms with Crippen molar-refractivity contribution >= 4 is 26.8 Å². The van der Waals surface area contributed by atoms with Gasteiger partial charge in [-0.2, -0.15) is 0 Å². The summed E-state index contributed by atoms with van der Waals surface area (Å²) in [4.78, 5) is 25.7. The van der Waals surface area contributed by atoms with Crippen molar-refractivity contribution in [2.45, 2.75) is 43.5 Å². The predicted octanol–water partition coefficient (Wildman–Crippen LogP) is 1.70. The lowest BCUT2D eigenvalue weighted by Gasteiger charge is -2.33. The van der Waals surface area contributed by atoms with Crippen molar-refractivity contribution in [3.63, 3.8) is 0 Å². The van der Waals surface area contributed by atoms with E-state index in [2.05, 4.69) is 0 Å². The zero-order valence-corrected chi connectivity index (χ0v) is 15.2. The molecule has 1 aromatic carbocycles. The number of oxazole rings is 1. The second-order valence-electron chi connectivity index (χ2n) is 6.56. The molecule has 3 rings (SSSR count). The van der Waals surface area contributed by atoms with E-state index in [9.17, 15) is 18.0 Å². The minimum atomic E-state index is -3.63. The number of carbonyl (C=O) groups excluding carboxylic acids is 1. The highest BCUT2D eigenvalue weighted by atomic mass is 32.2. The van der Waals surface area contributed by atoms with E-state index in [0.717, 1.165) is 19.3 Å². The fraction of sp³-hybridized carbons (Fsp3) is 0.529. The highest BCUT2D eigenvalue weighted by Gasteiger charge is 2.25. The van der Waals surface area contributed by atoms with Gasteiger partial charge in [0.05, 0.1) is 16.2 Å². The van der Waals surface area contributed by atoms with Crippen LogP contribution in [0.3, 0.4) is 0 Å². The molecule has 1 aromatic heterocycles. The minimum absolute atomic E-state index is 0.0382. The van der Waals surface area contributed by atoms with Crippen LogP contribution in [0.2, 0.25) is 0 Å². The van der Waals surface area contributed by atoms with E-state index < -0.39 is 15.6 Å². The molecule has 1 saturated heterocycles. The number of fused-ring (bicyclic) bond motifs is 1. The molecule has 7 nitrogen and oxygen atoms in total. The van der Waals surface area contributed by atoms with Crippen molar-refractivity contribution in [1.29, 1.82) is 0 Å². The van der Waals surface area contributed by atoms with Crippen LogP contribution in [0.5, 0.6) is 0 Å². The molecular weight excluding hydrogens is 344 g/mol. The third-order valence-corrected chi connectivity index (χ3v) is 6.54. The Morgan fingerprint density at radius 3 is 2.80 bits per heavy atom. The van der Waals surface area contributed by atoms with E-state index >= 15 is 0 Å². The van der Waals surface area contributed by atoms with Gasteiger partial charge in [-0.25, -0.2) is 13.2 Å². The Morgan fingerprint density at radius 1 is 1.32 bits per heavy atom. The van der Waals surface area contributed by atoms with Crippen LogP contribution < -0.4 is 5.76 Å². The molecule has 0 bridgehead atoms. The Morgan fingerprint density at radius 2 is 2.08 bits per heavy atom. The normalized spacial score (nSPS) is 18.6. The van der Waals surface area contributed by atoms with Crippen LogP contribution >= 0.6 is 0 Å². The average molecular weight is 366 g/mol. The summed E-state index contributed by atoms with van der Waals surface area (Å²) in [7, 11) is -2.07. The van der Waals surface area contributed by atoms with Crippen LogP contribution in [0.4, 0.5) is 0 Å². The smallest absolute Gasteiger partial charge is 0.408 e. The van der Waals surface area contributed by atoms with Crippen LogP contribution in [-0.2, 0) is 21.7 Å². The summed E-state index contributed by atoms with van der Waals surface area (Å²) in [6.45, 7) is 2.69. The van der Waals surface area contributed by atoms with Crippen molar-refractivity contribution in [2.75, 3.05) is 12.3 Å². The number of rotatable bonds is 4. The molecule has 1 aliphatic heterocycles. The second kappa shape index (κ2) is 6.67. The fourth-order valence-corrected chi connectivity index (χ4v) is 4.50. The lowest BCUT2D eigenvalue weighted by molar-refractivity contribution is -0.133. The number of aromatic nitrogens is 1. The number of hydrogen-bond donors (Lipinski definition) is 0. The van der Waals surface area contributed by atoms with Gasteiger partial charge in [0.15, 0.2) is 15.4 Å². The SMILES string of the molecule is CC1CCCCN1C(=O)CCS(=O)(=O)c1ccc2c(c1)oc(=O)n2C. The van der Waals surface area contributed by atoms with Gasteiger partial charge in [-0.1, -0.05) is 0 Å². The molecule has 0 aliphatic carbocycles. The van der Waals surface area contributed by atoms with Crippen molar-refractivity contribution in [3.8, 4) is 0 Å². The van der Waals surface area contributed by atoms with E-state index in [1.807, 2.05) is 6.92 Å². The van der Waals surface area contributed by atoms with Gasteiger partial charge in [0, 0.05) is 32.1 Å². The molecular formula is C17H22N2O5S. The molecule has 1 atom stereocenters. The predicted molar refractivity (Wildman–Crippen MR) is 93.2 cm³/mol. The zero-order valence-electron chi connectivity index (χ0n) is 14.4. The molecule has 0 radical (unpaired) electrons. The lowest BCUT2D eigenvalue weighted by Crippen LogP contribution is -2.42. The summed E-state index contributed by atoms with van der Waals surface area (Å²) in [6, 6.07) is 4.50. The van der Waals surface area contributed by atoms with Gasteiger partial charge >= 0.3 is 5.76 Å². The fourth-order valence-electron chi connectivity index (χ4n) is 3.26. The first-order chi connectivity index (χ1) is 11.8. The number of hydrogen-bond acceptors (Lipinski definition) is 5. The lowest BCUT2D eigenvalue weighted by atomic mass is 10.0. The Kier molecular flexibility index (Phi) is 4.73. The standard InChI is InChI=1S/C17H22N2O5S/c1-12-5-3-4-9-19(12)16(20)8-10-25(22,23)13-6-7-14-15(11-13)24-17(21)18(14)2/h6-7,11-12H,3-5,8-10H2,1-2H3. The summed E-state index contributed by atoms with van der Waals surface area (Å²) in [5.41, 5.74) is 0.756. The van der Waals surface area contributed by atoms with E-state index in [1.54, 1.807) is 18.0 Å². The van der Waals surface area contributed by atoms with Crippen LogP contribution in [0.1, 0.15) is 32.6 Å². The molecule has 25 heavy (non-hydrogen) atoms. The Labute approximate surface area is 146 Å². The summed E-state index contributed by atoms with van der Waals surface area (Å²) < 4.78 is 31.4. The molecule has 2 heterocycles. The van der Waals surface area contributed by atoms with Crippen LogP contribution in [-0.4, -0.2) is 42.1 Å². The van der Waals surface area contributed by atoms with Crippen molar-refractivity contribution in [2.24, 2.45) is 7.05 Å². The van der Waals surface area contributed by atoms with Gasteiger partial charge in [-0.05, 0) is 38.3 Å². The number of sulfone groups is 1. The molecule has 0 saturated carbocycles. The van der Waals surface area contributed by atoms with Crippen molar-refractivity contribution < 1.29 is 17.6 Å². The van der Waals surface area contributed by atoms with E-state index in [1.165, 1.54) is 16.7 Å². The maximum atomic E-state index is 12.5. The third-order valence-electron chi connectivity index (χ3n) is 4.83. The number of benzene rings is 1. The number of piperidine rings is 1. The van der Waals surface area contributed by atoms with Gasteiger partial charge in [0.1, 0.15) is 0 Å². The van der Waals surface area contributed by atoms with Gasteiger partial charge in [-0.3, -0.25) is 9.36 Å². The molecule has 1 amide bonds. The van der Waals surface area contributed by atoms with Crippen LogP contribution in [0, 0.1) is 0 Å². The third kappa shape index (κ3) is 3.49. The number of carbonyl (C=O) groups is 1. The number of amides is 1. The monoisotopic (exact) mass is 366 g/mol. The number of nitrogens with zero attached hydrogens (tertiary/aromatic N) is 2. The topological polar surface area (TPSA) is 89.6 Å². The first-order valence-electron chi connectivity index (χ1n) is 8.41. The number of aryl methyl sites for hydroxylation is 1. The summed E-state index contributed by atoms with van der Waals surface area (Å²) in [6.07, 6.45) is 2.99. The molecule has 1 unspecified atom stereocenters. The van der Waals surface area contributed by atoms with Gasteiger partial charge in [0.2, 0.25) is 5.91 Å². The number of likely N-dealkylation sites (tertiary alicyclic amines) is 1. The summed E-state index contributed by atoms with van der Waals surface area (Å²) in [5.74, 6) is -0.917. The Bertz CT molecular complexity index is 957. The van der Waals surface area contributed by atoms with E-state index in [4.69, 9.17) is 4.42 Å². The quantitative estimate of drug-likeness (QED) is 0.821. The second-order valence-corrected chi connectivity index (χ2v) is 8.67. The van der Waals surface area contributed by atoms with Crippen molar-refractivity contribution in [1.82, 2.24) is 9.47 Å². The van der Waals surface area contributed by atoms with Gasteiger partial charge in [-0.15, -0.1) is 0 Å². The van der Waals surface area contributed by atoms with E-state index in [-0.39, 0.29) is 34.6 Å². The Hall–Kier alpha value is -2.09.